The molecule has 0 fully saturated rings. The van der Waals surface area contributed by atoms with Crippen molar-refractivity contribution in [2.75, 3.05) is 7.11 Å². The van der Waals surface area contributed by atoms with Crippen LogP contribution in [-0.4, -0.2) is 18.3 Å². The Balaban J connectivity index is 1.80. The monoisotopic (exact) mass is 270 g/mol. The molecule has 0 aromatic heterocycles. The molecule has 1 N–H and O–H groups in total. The van der Waals surface area contributed by atoms with Gasteiger partial charge in [-0.3, -0.25) is 0 Å². The lowest BCUT2D eigenvalue weighted by atomic mass is 9.95. The second kappa shape index (κ2) is 5.55. The molecule has 0 spiro atoms. The highest BCUT2D eigenvalue weighted by Crippen LogP contribution is 2.37. The lowest BCUT2D eigenvalue weighted by Gasteiger charge is -2.30. The summed E-state index contributed by atoms with van der Waals surface area (Å²) >= 11 is 0. The smallest absolute Gasteiger partial charge is 0.129 e. The fraction of sp³-hybridized carbons (Fsp3) is 0.294. The van der Waals surface area contributed by atoms with Crippen LogP contribution < -0.4 is 9.47 Å². The van der Waals surface area contributed by atoms with E-state index >= 15 is 0 Å². The van der Waals surface area contributed by atoms with Gasteiger partial charge < -0.3 is 14.6 Å². The van der Waals surface area contributed by atoms with Gasteiger partial charge in [-0.2, -0.15) is 0 Å². The molecule has 1 aliphatic heterocycles. The standard InChI is InChI=1S/C17H18O3/c1-19-13-7-8-15-16(18)10-14(20-17(15)11-13)9-12-5-3-2-4-6-12/h2-8,11,14,16,18H,9-10H2,1H3/t14?,16-/m0/s1. The molecule has 3 rings (SSSR count). The van der Waals surface area contributed by atoms with Crippen LogP contribution in [0.25, 0.3) is 0 Å². The van der Waals surface area contributed by atoms with E-state index in [2.05, 4.69) is 12.1 Å². The molecular weight excluding hydrogens is 252 g/mol. The van der Waals surface area contributed by atoms with Gasteiger partial charge in [-0.05, 0) is 17.7 Å². The molecule has 0 radical (unpaired) electrons. The first-order valence-corrected chi connectivity index (χ1v) is 6.83. The van der Waals surface area contributed by atoms with Crippen LogP contribution in [0.2, 0.25) is 0 Å². The van der Waals surface area contributed by atoms with Gasteiger partial charge >= 0.3 is 0 Å². The largest absolute Gasteiger partial charge is 0.497 e. The molecule has 0 saturated carbocycles. The van der Waals surface area contributed by atoms with Gasteiger partial charge in [0.25, 0.3) is 0 Å². The summed E-state index contributed by atoms with van der Waals surface area (Å²) in [6, 6.07) is 15.8. The van der Waals surface area contributed by atoms with Crippen LogP contribution in [0.3, 0.4) is 0 Å². The maximum atomic E-state index is 10.3. The van der Waals surface area contributed by atoms with Crippen LogP contribution in [0.1, 0.15) is 23.7 Å². The minimum absolute atomic E-state index is 0.00740. The average Bonchev–Trinajstić information content (AvgIpc) is 2.47. The molecular formula is C17H18O3. The predicted octanol–water partition coefficient (Wildman–Crippen LogP) is 3.12. The normalized spacial score (nSPS) is 20.9. The fourth-order valence-corrected chi connectivity index (χ4v) is 2.62. The summed E-state index contributed by atoms with van der Waals surface area (Å²) in [4.78, 5) is 0. The minimum atomic E-state index is -0.474. The van der Waals surface area contributed by atoms with Crippen molar-refractivity contribution in [3.05, 3.63) is 59.7 Å². The Bertz CT molecular complexity index is 580. The summed E-state index contributed by atoms with van der Waals surface area (Å²) in [5.41, 5.74) is 2.06. The van der Waals surface area contributed by atoms with Gasteiger partial charge in [-0.25, -0.2) is 0 Å². The van der Waals surface area contributed by atoms with Gasteiger partial charge in [0.15, 0.2) is 0 Å². The molecule has 20 heavy (non-hydrogen) atoms. The van der Waals surface area contributed by atoms with E-state index in [0.717, 1.165) is 23.5 Å². The predicted molar refractivity (Wildman–Crippen MR) is 77.1 cm³/mol. The van der Waals surface area contributed by atoms with E-state index in [-0.39, 0.29) is 6.10 Å². The first kappa shape index (κ1) is 13.0. The van der Waals surface area contributed by atoms with E-state index in [0.29, 0.717) is 6.42 Å². The molecule has 0 aliphatic carbocycles. The highest BCUT2D eigenvalue weighted by Gasteiger charge is 2.27. The zero-order valence-electron chi connectivity index (χ0n) is 11.5. The number of rotatable bonds is 3. The molecule has 0 saturated heterocycles. The third-order valence-corrected chi connectivity index (χ3v) is 3.67. The molecule has 3 heteroatoms. The number of aliphatic hydroxyl groups is 1. The third kappa shape index (κ3) is 2.63. The Morgan fingerprint density at radius 1 is 1.20 bits per heavy atom. The summed E-state index contributed by atoms with van der Waals surface area (Å²) < 4.78 is 11.2. The van der Waals surface area contributed by atoms with Crippen LogP contribution >= 0.6 is 0 Å². The van der Waals surface area contributed by atoms with Gasteiger partial charge in [-0.1, -0.05) is 30.3 Å². The summed E-state index contributed by atoms with van der Waals surface area (Å²) in [6.07, 6.45) is 0.938. The zero-order valence-corrected chi connectivity index (χ0v) is 11.5. The second-order valence-electron chi connectivity index (χ2n) is 5.08. The average molecular weight is 270 g/mol. The van der Waals surface area contributed by atoms with E-state index in [1.807, 2.05) is 36.4 Å². The lowest BCUT2D eigenvalue weighted by molar-refractivity contribution is 0.0660. The second-order valence-corrected chi connectivity index (χ2v) is 5.08. The molecule has 2 aromatic carbocycles. The van der Waals surface area contributed by atoms with E-state index in [1.165, 1.54) is 5.56 Å². The van der Waals surface area contributed by atoms with Crippen molar-refractivity contribution in [1.29, 1.82) is 0 Å². The van der Waals surface area contributed by atoms with Crippen molar-refractivity contribution in [3.63, 3.8) is 0 Å². The molecule has 0 bridgehead atoms. The summed E-state index contributed by atoms with van der Waals surface area (Å²) in [5, 5.41) is 10.3. The summed E-state index contributed by atoms with van der Waals surface area (Å²) in [6.45, 7) is 0. The molecule has 0 amide bonds. The number of ether oxygens (including phenoxy) is 2. The molecule has 2 aromatic rings. The van der Waals surface area contributed by atoms with E-state index in [4.69, 9.17) is 9.47 Å². The number of hydrogen-bond acceptors (Lipinski definition) is 3. The Morgan fingerprint density at radius 2 is 2.00 bits per heavy atom. The van der Waals surface area contributed by atoms with Gasteiger partial charge in [0.2, 0.25) is 0 Å². The Hall–Kier alpha value is -2.00. The highest BCUT2D eigenvalue weighted by molar-refractivity contribution is 5.43. The Kier molecular flexibility index (Phi) is 3.61. The minimum Gasteiger partial charge on any atom is -0.497 e. The first-order valence-electron chi connectivity index (χ1n) is 6.83. The third-order valence-electron chi connectivity index (χ3n) is 3.67. The summed E-state index contributed by atoms with van der Waals surface area (Å²) in [7, 11) is 1.63. The highest BCUT2D eigenvalue weighted by atomic mass is 16.5. The van der Waals surface area contributed by atoms with Gasteiger partial charge in [-0.15, -0.1) is 0 Å². The van der Waals surface area contributed by atoms with Crippen molar-refractivity contribution in [2.45, 2.75) is 25.0 Å². The number of fused-ring (bicyclic) bond motifs is 1. The van der Waals surface area contributed by atoms with Crippen LogP contribution in [0.15, 0.2) is 48.5 Å². The van der Waals surface area contributed by atoms with Crippen molar-refractivity contribution in [2.24, 2.45) is 0 Å². The Morgan fingerprint density at radius 3 is 2.75 bits per heavy atom. The molecule has 1 unspecified atom stereocenters. The van der Waals surface area contributed by atoms with E-state index in [9.17, 15) is 5.11 Å². The van der Waals surface area contributed by atoms with Crippen LogP contribution in [0.4, 0.5) is 0 Å². The molecule has 3 nitrogen and oxygen atoms in total. The van der Waals surface area contributed by atoms with E-state index in [1.54, 1.807) is 7.11 Å². The number of methoxy groups -OCH3 is 1. The van der Waals surface area contributed by atoms with Crippen LogP contribution in [0, 0.1) is 0 Å². The topological polar surface area (TPSA) is 38.7 Å². The van der Waals surface area contributed by atoms with Gasteiger partial charge in [0, 0.05) is 24.5 Å². The Labute approximate surface area is 118 Å². The molecule has 1 heterocycles. The number of aliphatic hydroxyl groups excluding tert-OH is 1. The molecule has 2 atom stereocenters. The number of benzene rings is 2. The quantitative estimate of drug-likeness (QED) is 0.931. The first-order chi connectivity index (χ1) is 9.76. The molecule has 1 aliphatic rings. The lowest BCUT2D eigenvalue weighted by Crippen LogP contribution is -2.27. The zero-order chi connectivity index (χ0) is 13.9. The van der Waals surface area contributed by atoms with Crippen molar-refractivity contribution in [3.8, 4) is 11.5 Å². The number of hydrogen-bond donors (Lipinski definition) is 1. The van der Waals surface area contributed by atoms with E-state index < -0.39 is 6.10 Å². The maximum Gasteiger partial charge on any atom is 0.129 e. The SMILES string of the molecule is COc1ccc2c(c1)OC(Cc1ccccc1)C[C@@H]2O. The fourth-order valence-electron chi connectivity index (χ4n) is 2.62. The van der Waals surface area contributed by atoms with Crippen LogP contribution in [0.5, 0.6) is 11.5 Å². The van der Waals surface area contributed by atoms with Gasteiger partial charge in [0.05, 0.1) is 13.2 Å². The van der Waals surface area contributed by atoms with Crippen molar-refractivity contribution in [1.82, 2.24) is 0 Å². The van der Waals surface area contributed by atoms with Crippen molar-refractivity contribution < 1.29 is 14.6 Å². The van der Waals surface area contributed by atoms with Crippen LogP contribution in [-0.2, 0) is 6.42 Å². The summed E-state index contributed by atoms with van der Waals surface area (Å²) in [5.74, 6) is 1.47. The molecule has 104 valence electrons. The maximum absolute atomic E-state index is 10.3. The van der Waals surface area contributed by atoms with Gasteiger partial charge in [0.1, 0.15) is 17.6 Å². The van der Waals surface area contributed by atoms with Crippen molar-refractivity contribution >= 4 is 0 Å².